The highest BCUT2D eigenvalue weighted by Gasteiger charge is 2.49. The lowest BCUT2D eigenvalue weighted by atomic mass is 10.2. The first-order valence-electron chi connectivity index (χ1n) is 7.69. The summed E-state index contributed by atoms with van der Waals surface area (Å²) in [6, 6.07) is 5.25. The van der Waals surface area contributed by atoms with E-state index in [1.165, 1.54) is 23.2 Å². The maximum atomic E-state index is 12.6. The van der Waals surface area contributed by atoms with Gasteiger partial charge in [-0.05, 0) is 24.6 Å². The molecule has 1 amide bonds. The number of rotatable bonds is 4. The van der Waals surface area contributed by atoms with E-state index in [0.717, 1.165) is 6.07 Å². The van der Waals surface area contributed by atoms with Gasteiger partial charge in [-0.3, -0.25) is 4.79 Å². The number of hydrogen-bond acceptors (Lipinski definition) is 7. The third kappa shape index (κ3) is 3.52. The van der Waals surface area contributed by atoms with E-state index in [2.05, 4.69) is 19.5 Å². The predicted octanol–water partition coefficient (Wildman–Crippen LogP) is 2.82. The first kappa shape index (κ1) is 18.9. The van der Waals surface area contributed by atoms with Crippen LogP contribution in [-0.4, -0.2) is 36.3 Å². The van der Waals surface area contributed by atoms with Crippen LogP contribution in [0.3, 0.4) is 0 Å². The molecule has 0 aliphatic carbocycles. The van der Waals surface area contributed by atoms with Gasteiger partial charge < -0.3 is 14.4 Å². The van der Waals surface area contributed by atoms with Crippen LogP contribution in [0, 0.1) is 0 Å². The highest BCUT2D eigenvalue weighted by molar-refractivity contribution is 7.87. The van der Waals surface area contributed by atoms with Crippen molar-refractivity contribution < 1.29 is 30.6 Å². The van der Waals surface area contributed by atoms with Crippen LogP contribution in [0.4, 0.5) is 30.5 Å². The van der Waals surface area contributed by atoms with Gasteiger partial charge in [0.1, 0.15) is 5.82 Å². The van der Waals surface area contributed by atoms with Crippen LogP contribution in [0.2, 0.25) is 0 Å². The summed E-state index contributed by atoms with van der Waals surface area (Å²) < 4.78 is 64.2. The fourth-order valence-electron chi connectivity index (χ4n) is 2.46. The first-order chi connectivity index (χ1) is 12.6. The monoisotopic (exact) mass is 402 g/mol. The quantitative estimate of drug-likeness (QED) is 0.620. The molecule has 27 heavy (non-hydrogen) atoms. The van der Waals surface area contributed by atoms with Crippen molar-refractivity contribution in [3.63, 3.8) is 0 Å². The van der Waals surface area contributed by atoms with Crippen LogP contribution < -0.4 is 14.4 Å². The molecule has 1 aliphatic heterocycles. The zero-order chi connectivity index (χ0) is 19.8. The average molecular weight is 402 g/mol. The lowest BCUT2D eigenvalue weighted by molar-refractivity contribution is -0.0501. The molecule has 0 fully saturated rings. The van der Waals surface area contributed by atoms with Crippen LogP contribution >= 0.6 is 0 Å². The van der Waals surface area contributed by atoms with Crippen LogP contribution in [0.5, 0.6) is 5.88 Å². The van der Waals surface area contributed by atoms with Gasteiger partial charge in [0.25, 0.3) is 5.91 Å². The SMILES string of the molecule is CCCN1c2nc(OS(=O)(=O)C(F)(F)F)ccc2NC(=O)c2cccnc21. The molecule has 12 heteroatoms. The number of alkyl halides is 3. The number of carbonyl (C=O) groups excluding carboxylic acids is 1. The summed E-state index contributed by atoms with van der Waals surface area (Å²) >= 11 is 0. The van der Waals surface area contributed by atoms with Crippen LogP contribution in [0.1, 0.15) is 23.7 Å². The van der Waals surface area contributed by atoms with Crippen molar-refractivity contribution in [3.05, 3.63) is 36.0 Å². The number of fused-ring (bicyclic) bond motifs is 2. The molecule has 0 atom stereocenters. The smallest absolute Gasteiger partial charge is 0.355 e. The van der Waals surface area contributed by atoms with Gasteiger partial charge in [-0.25, -0.2) is 4.98 Å². The Hall–Kier alpha value is -2.89. The Bertz CT molecular complexity index is 995. The van der Waals surface area contributed by atoms with Gasteiger partial charge in [0.2, 0.25) is 5.88 Å². The molecule has 2 aromatic heterocycles. The number of anilines is 3. The molecule has 0 saturated carbocycles. The van der Waals surface area contributed by atoms with Gasteiger partial charge >= 0.3 is 15.6 Å². The number of amides is 1. The van der Waals surface area contributed by atoms with E-state index in [-0.39, 0.29) is 22.9 Å². The summed E-state index contributed by atoms with van der Waals surface area (Å²) in [6.07, 6.45) is 2.05. The molecule has 0 aromatic carbocycles. The van der Waals surface area contributed by atoms with Crippen molar-refractivity contribution in [3.8, 4) is 5.88 Å². The van der Waals surface area contributed by atoms with Crippen molar-refractivity contribution in [2.75, 3.05) is 16.8 Å². The second kappa shape index (κ2) is 6.68. The number of aromatic nitrogens is 2. The molecule has 0 unspecified atom stereocenters. The maximum Gasteiger partial charge on any atom is 0.534 e. The number of nitrogens with zero attached hydrogens (tertiary/aromatic N) is 3. The Balaban J connectivity index is 2.11. The predicted molar refractivity (Wildman–Crippen MR) is 89.3 cm³/mol. The standard InChI is InChI=1S/C15H13F3N4O4S/c1-2-8-22-12-9(4-3-7-19-12)14(23)20-10-5-6-11(21-13(10)22)26-27(24,25)15(16,17)18/h3-7H,2,8H2,1H3,(H,20,23). The highest BCUT2D eigenvalue weighted by Crippen LogP contribution is 2.37. The summed E-state index contributed by atoms with van der Waals surface area (Å²) in [5.41, 5.74) is -5.16. The van der Waals surface area contributed by atoms with E-state index in [1.807, 2.05) is 6.92 Å². The largest absolute Gasteiger partial charge is 0.534 e. The van der Waals surface area contributed by atoms with E-state index in [4.69, 9.17) is 0 Å². The molecule has 3 heterocycles. The molecular formula is C15H13F3N4O4S. The zero-order valence-electron chi connectivity index (χ0n) is 13.8. The minimum atomic E-state index is -5.87. The lowest BCUT2D eigenvalue weighted by Crippen LogP contribution is -2.28. The molecule has 0 saturated heterocycles. The molecule has 0 radical (unpaired) electrons. The van der Waals surface area contributed by atoms with Crippen molar-refractivity contribution in [1.29, 1.82) is 0 Å². The number of pyridine rings is 2. The Morgan fingerprint density at radius 2 is 1.96 bits per heavy atom. The van der Waals surface area contributed by atoms with Gasteiger partial charge in [-0.1, -0.05) is 6.92 Å². The number of nitrogens with one attached hydrogen (secondary N) is 1. The third-order valence-corrected chi connectivity index (χ3v) is 4.52. The Kier molecular flexibility index (Phi) is 4.68. The molecule has 1 aliphatic rings. The van der Waals surface area contributed by atoms with Gasteiger partial charge in [0, 0.05) is 18.8 Å². The number of carbonyl (C=O) groups is 1. The normalized spacial score (nSPS) is 14.1. The van der Waals surface area contributed by atoms with Crippen LogP contribution in [-0.2, 0) is 10.1 Å². The fraction of sp³-hybridized carbons (Fsp3) is 0.267. The molecule has 144 valence electrons. The van der Waals surface area contributed by atoms with E-state index in [1.54, 1.807) is 6.07 Å². The van der Waals surface area contributed by atoms with Gasteiger partial charge in [0.15, 0.2) is 5.82 Å². The van der Waals surface area contributed by atoms with Crippen molar-refractivity contribution >= 4 is 33.3 Å². The van der Waals surface area contributed by atoms with Crippen LogP contribution in [0.15, 0.2) is 30.5 Å². The van der Waals surface area contributed by atoms with Gasteiger partial charge in [-0.2, -0.15) is 26.6 Å². The van der Waals surface area contributed by atoms with Crippen molar-refractivity contribution in [2.24, 2.45) is 0 Å². The minimum Gasteiger partial charge on any atom is -0.355 e. The number of halogens is 3. The summed E-state index contributed by atoms with van der Waals surface area (Å²) in [7, 11) is -5.87. The first-order valence-corrected chi connectivity index (χ1v) is 9.10. The summed E-state index contributed by atoms with van der Waals surface area (Å²) in [5.74, 6) is -0.978. The summed E-state index contributed by atoms with van der Waals surface area (Å²) in [5, 5.41) is 2.58. The molecule has 8 nitrogen and oxygen atoms in total. The molecule has 1 N–H and O–H groups in total. The van der Waals surface area contributed by atoms with Crippen LogP contribution in [0.25, 0.3) is 0 Å². The zero-order valence-corrected chi connectivity index (χ0v) is 14.6. The van der Waals surface area contributed by atoms with E-state index in [0.29, 0.717) is 13.0 Å². The van der Waals surface area contributed by atoms with E-state index >= 15 is 0 Å². The molecule has 0 bridgehead atoms. The Morgan fingerprint density at radius 3 is 2.63 bits per heavy atom. The molecular weight excluding hydrogens is 389 g/mol. The van der Waals surface area contributed by atoms with Crippen molar-refractivity contribution in [1.82, 2.24) is 9.97 Å². The van der Waals surface area contributed by atoms with E-state index < -0.39 is 27.4 Å². The second-order valence-electron chi connectivity index (χ2n) is 5.48. The molecule has 3 rings (SSSR count). The summed E-state index contributed by atoms with van der Waals surface area (Å²) in [4.78, 5) is 21.9. The Labute approximate surface area is 152 Å². The van der Waals surface area contributed by atoms with Crippen molar-refractivity contribution in [2.45, 2.75) is 18.9 Å². The second-order valence-corrected chi connectivity index (χ2v) is 7.02. The molecule has 2 aromatic rings. The topological polar surface area (TPSA) is 101 Å². The summed E-state index contributed by atoms with van der Waals surface area (Å²) in [6.45, 7) is 2.17. The third-order valence-electron chi connectivity index (χ3n) is 3.57. The lowest BCUT2D eigenvalue weighted by Gasteiger charge is -2.23. The highest BCUT2D eigenvalue weighted by atomic mass is 32.2. The average Bonchev–Trinajstić information content (AvgIpc) is 2.70. The van der Waals surface area contributed by atoms with E-state index in [9.17, 15) is 26.4 Å². The maximum absolute atomic E-state index is 12.6. The van der Waals surface area contributed by atoms with Gasteiger partial charge in [-0.15, -0.1) is 0 Å². The number of hydrogen-bond donors (Lipinski definition) is 1. The Morgan fingerprint density at radius 1 is 1.22 bits per heavy atom. The fourth-order valence-corrected chi connectivity index (χ4v) is 2.87. The molecule has 0 spiro atoms. The van der Waals surface area contributed by atoms with Gasteiger partial charge in [0.05, 0.1) is 11.3 Å². The minimum absolute atomic E-state index is 0.0255.